The van der Waals surface area contributed by atoms with E-state index in [1.54, 1.807) is 24.3 Å². The van der Waals surface area contributed by atoms with E-state index in [-0.39, 0.29) is 11.5 Å². The molecule has 1 heterocycles. The third kappa shape index (κ3) is 2.78. The first-order valence-electron chi connectivity index (χ1n) is 5.32. The van der Waals surface area contributed by atoms with Gasteiger partial charge in [-0.15, -0.1) is 0 Å². The number of amides is 1. The zero-order chi connectivity index (χ0) is 13.1. The van der Waals surface area contributed by atoms with Gasteiger partial charge in [0.2, 0.25) is 5.56 Å². The molecule has 0 atom stereocenters. The van der Waals surface area contributed by atoms with Crippen molar-refractivity contribution in [1.29, 1.82) is 0 Å². The Morgan fingerprint density at radius 3 is 2.72 bits per heavy atom. The van der Waals surface area contributed by atoms with E-state index in [4.69, 9.17) is 11.6 Å². The number of carbonyl (C=O) groups is 1. The van der Waals surface area contributed by atoms with Crippen molar-refractivity contribution in [3.8, 4) is 0 Å². The van der Waals surface area contributed by atoms with Gasteiger partial charge in [-0.2, -0.15) is 0 Å². The predicted molar refractivity (Wildman–Crippen MR) is 71.2 cm³/mol. The van der Waals surface area contributed by atoms with Crippen LogP contribution in [0, 0.1) is 6.92 Å². The summed E-state index contributed by atoms with van der Waals surface area (Å²) in [6, 6.07) is 7.97. The Balaban J connectivity index is 2.24. The second kappa shape index (κ2) is 5.06. The van der Waals surface area contributed by atoms with Crippen molar-refractivity contribution < 1.29 is 4.79 Å². The average Bonchev–Trinajstić information content (AvgIpc) is 2.32. The molecule has 92 valence electrons. The molecule has 0 unspecified atom stereocenters. The van der Waals surface area contributed by atoms with Crippen LogP contribution in [0.15, 0.2) is 41.3 Å². The van der Waals surface area contributed by atoms with Gasteiger partial charge in [0, 0.05) is 28.5 Å². The van der Waals surface area contributed by atoms with Gasteiger partial charge in [-0.25, -0.2) is 0 Å². The highest BCUT2D eigenvalue weighted by Gasteiger charge is 2.08. The summed E-state index contributed by atoms with van der Waals surface area (Å²) >= 11 is 5.83. The van der Waals surface area contributed by atoms with Crippen LogP contribution >= 0.6 is 11.6 Å². The van der Waals surface area contributed by atoms with Crippen molar-refractivity contribution in [3.63, 3.8) is 0 Å². The fourth-order valence-corrected chi connectivity index (χ4v) is 1.77. The molecule has 0 fully saturated rings. The summed E-state index contributed by atoms with van der Waals surface area (Å²) in [6.07, 6.45) is 1.44. The summed E-state index contributed by atoms with van der Waals surface area (Å²) in [4.78, 5) is 25.5. The summed E-state index contributed by atoms with van der Waals surface area (Å²) < 4.78 is 0. The minimum atomic E-state index is -0.327. The third-order valence-electron chi connectivity index (χ3n) is 2.47. The molecule has 0 spiro atoms. The molecule has 2 aromatic rings. The van der Waals surface area contributed by atoms with Crippen LogP contribution < -0.4 is 10.9 Å². The van der Waals surface area contributed by atoms with Gasteiger partial charge in [0.1, 0.15) is 0 Å². The van der Waals surface area contributed by atoms with E-state index >= 15 is 0 Å². The number of aromatic nitrogens is 1. The van der Waals surface area contributed by atoms with Crippen LogP contribution in [0.5, 0.6) is 0 Å². The first kappa shape index (κ1) is 12.4. The molecular formula is C13H11ClN2O2. The van der Waals surface area contributed by atoms with Crippen LogP contribution in [0.3, 0.4) is 0 Å². The molecule has 2 N–H and O–H groups in total. The number of rotatable bonds is 2. The number of halogens is 1. The molecule has 0 saturated heterocycles. The highest BCUT2D eigenvalue weighted by molar-refractivity contribution is 6.30. The fraction of sp³-hybridized carbons (Fsp3) is 0.0769. The molecule has 18 heavy (non-hydrogen) atoms. The summed E-state index contributed by atoms with van der Waals surface area (Å²) in [5.74, 6) is -0.327. The highest BCUT2D eigenvalue weighted by Crippen LogP contribution is 2.20. The summed E-state index contributed by atoms with van der Waals surface area (Å²) in [5, 5.41) is 3.34. The van der Waals surface area contributed by atoms with Gasteiger partial charge in [0.15, 0.2) is 0 Å². The lowest BCUT2D eigenvalue weighted by molar-refractivity contribution is 0.102. The molecule has 2 rings (SSSR count). The van der Waals surface area contributed by atoms with Gasteiger partial charge >= 0.3 is 0 Å². The molecule has 0 aliphatic rings. The molecule has 1 aromatic carbocycles. The standard InChI is InChI=1S/C13H11ClN2O2/c1-8-6-10(14)2-3-11(8)16-13(18)9-4-5-15-12(17)7-9/h2-7H,1H3,(H,15,17)(H,16,18). The first-order valence-corrected chi connectivity index (χ1v) is 5.70. The van der Waals surface area contributed by atoms with Crippen molar-refractivity contribution in [2.45, 2.75) is 6.92 Å². The van der Waals surface area contributed by atoms with Crippen LogP contribution in [-0.4, -0.2) is 10.9 Å². The number of carbonyl (C=O) groups excluding carboxylic acids is 1. The maximum absolute atomic E-state index is 11.9. The Morgan fingerprint density at radius 2 is 2.06 bits per heavy atom. The number of aryl methyl sites for hydroxylation is 1. The van der Waals surface area contributed by atoms with Crippen LogP contribution in [0.1, 0.15) is 15.9 Å². The number of anilines is 1. The Bertz CT molecular complexity index is 649. The van der Waals surface area contributed by atoms with Gasteiger partial charge in [0.25, 0.3) is 5.91 Å². The van der Waals surface area contributed by atoms with E-state index in [2.05, 4.69) is 10.3 Å². The molecule has 5 heteroatoms. The molecule has 0 aliphatic heterocycles. The van der Waals surface area contributed by atoms with Crippen LogP contribution in [-0.2, 0) is 0 Å². The quantitative estimate of drug-likeness (QED) is 0.874. The normalized spacial score (nSPS) is 10.1. The molecular weight excluding hydrogens is 252 g/mol. The monoisotopic (exact) mass is 262 g/mol. The Morgan fingerprint density at radius 1 is 1.28 bits per heavy atom. The van der Waals surface area contributed by atoms with Crippen LogP contribution in [0.25, 0.3) is 0 Å². The average molecular weight is 263 g/mol. The number of benzene rings is 1. The molecule has 4 nitrogen and oxygen atoms in total. The number of aromatic amines is 1. The lowest BCUT2D eigenvalue weighted by Gasteiger charge is -2.08. The van der Waals surface area contributed by atoms with Crippen molar-refractivity contribution in [1.82, 2.24) is 4.98 Å². The minimum absolute atomic E-state index is 0.310. The number of pyridine rings is 1. The summed E-state index contributed by atoms with van der Waals surface area (Å²) in [5.41, 5.74) is 1.54. The molecule has 1 aromatic heterocycles. The van der Waals surface area contributed by atoms with Gasteiger partial charge < -0.3 is 10.3 Å². The van der Waals surface area contributed by atoms with E-state index in [0.717, 1.165) is 5.56 Å². The number of hydrogen-bond acceptors (Lipinski definition) is 2. The Labute approximate surface area is 109 Å². The van der Waals surface area contributed by atoms with Crippen molar-refractivity contribution in [3.05, 3.63) is 63.0 Å². The zero-order valence-electron chi connectivity index (χ0n) is 9.66. The predicted octanol–water partition coefficient (Wildman–Crippen LogP) is 2.59. The Kier molecular flexibility index (Phi) is 3.48. The largest absolute Gasteiger partial charge is 0.329 e. The maximum atomic E-state index is 11.9. The second-order valence-corrected chi connectivity index (χ2v) is 4.29. The number of nitrogens with one attached hydrogen (secondary N) is 2. The number of hydrogen-bond donors (Lipinski definition) is 2. The maximum Gasteiger partial charge on any atom is 0.255 e. The molecule has 1 amide bonds. The van der Waals surface area contributed by atoms with E-state index in [1.165, 1.54) is 12.3 Å². The minimum Gasteiger partial charge on any atom is -0.329 e. The fourth-order valence-electron chi connectivity index (χ4n) is 1.55. The SMILES string of the molecule is Cc1cc(Cl)ccc1NC(=O)c1cc[nH]c(=O)c1. The van der Waals surface area contributed by atoms with Crippen molar-refractivity contribution in [2.75, 3.05) is 5.32 Å². The van der Waals surface area contributed by atoms with E-state index in [1.807, 2.05) is 6.92 Å². The van der Waals surface area contributed by atoms with Gasteiger partial charge in [-0.3, -0.25) is 9.59 Å². The molecule has 0 saturated carbocycles. The smallest absolute Gasteiger partial charge is 0.255 e. The number of H-pyrrole nitrogens is 1. The van der Waals surface area contributed by atoms with E-state index in [9.17, 15) is 9.59 Å². The van der Waals surface area contributed by atoms with Crippen LogP contribution in [0.4, 0.5) is 5.69 Å². The molecule has 0 radical (unpaired) electrons. The second-order valence-electron chi connectivity index (χ2n) is 3.85. The van der Waals surface area contributed by atoms with Crippen molar-refractivity contribution >= 4 is 23.2 Å². The third-order valence-corrected chi connectivity index (χ3v) is 2.71. The van der Waals surface area contributed by atoms with Gasteiger partial charge in [-0.05, 0) is 36.8 Å². The van der Waals surface area contributed by atoms with Crippen LogP contribution in [0.2, 0.25) is 5.02 Å². The van der Waals surface area contributed by atoms with Gasteiger partial charge in [0.05, 0.1) is 0 Å². The van der Waals surface area contributed by atoms with E-state index in [0.29, 0.717) is 16.3 Å². The van der Waals surface area contributed by atoms with Gasteiger partial charge in [-0.1, -0.05) is 11.6 Å². The van der Waals surface area contributed by atoms with Crippen molar-refractivity contribution in [2.24, 2.45) is 0 Å². The van der Waals surface area contributed by atoms with E-state index < -0.39 is 0 Å². The molecule has 0 bridgehead atoms. The Hall–Kier alpha value is -2.07. The molecule has 0 aliphatic carbocycles. The topological polar surface area (TPSA) is 62.0 Å². The zero-order valence-corrected chi connectivity index (χ0v) is 10.4. The highest BCUT2D eigenvalue weighted by atomic mass is 35.5. The first-order chi connectivity index (χ1) is 8.56. The summed E-state index contributed by atoms with van der Waals surface area (Å²) in [7, 11) is 0. The lowest BCUT2D eigenvalue weighted by Crippen LogP contribution is -2.16. The summed E-state index contributed by atoms with van der Waals surface area (Å²) in [6.45, 7) is 1.85. The lowest BCUT2D eigenvalue weighted by atomic mass is 10.2.